The third kappa shape index (κ3) is 2.42. The fourth-order valence-corrected chi connectivity index (χ4v) is 3.20. The van der Waals surface area contributed by atoms with Crippen LogP contribution in [0.2, 0.25) is 0 Å². The molecule has 2 aromatic heterocycles. The Morgan fingerprint density at radius 3 is 2.80 bits per heavy atom. The van der Waals surface area contributed by atoms with Crippen LogP contribution in [0.25, 0.3) is 0 Å². The number of anilines is 2. The van der Waals surface area contributed by atoms with Gasteiger partial charge in [0.25, 0.3) is 0 Å². The van der Waals surface area contributed by atoms with Crippen LogP contribution in [0.15, 0.2) is 16.8 Å². The Labute approximate surface area is 124 Å². The van der Waals surface area contributed by atoms with Gasteiger partial charge in [-0.25, -0.2) is 4.68 Å². The summed E-state index contributed by atoms with van der Waals surface area (Å²) < 4.78 is 2.08. The van der Waals surface area contributed by atoms with E-state index in [1.54, 1.807) is 11.3 Å². The van der Waals surface area contributed by atoms with Crippen molar-refractivity contribution in [1.82, 2.24) is 9.78 Å². The lowest BCUT2D eigenvalue weighted by Crippen LogP contribution is -2.28. The van der Waals surface area contributed by atoms with Crippen LogP contribution in [0.4, 0.5) is 11.5 Å². The maximum absolute atomic E-state index is 6.31. The van der Waals surface area contributed by atoms with Crippen molar-refractivity contribution >= 4 is 22.8 Å². The summed E-state index contributed by atoms with van der Waals surface area (Å²) in [7, 11) is 0. The van der Waals surface area contributed by atoms with Crippen molar-refractivity contribution in [3.63, 3.8) is 0 Å². The molecule has 2 heterocycles. The fourth-order valence-electron chi connectivity index (χ4n) is 2.54. The van der Waals surface area contributed by atoms with Crippen LogP contribution in [0.3, 0.4) is 0 Å². The van der Waals surface area contributed by atoms with E-state index in [-0.39, 0.29) is 0 Å². The van der Waals surface area contributed by atoms with Crippen molar-refractivity contribution < 1.29 is 0 Å². The molecule has 108 valence electrons. The standard InChI is InChI=1S/C15H22N4S/c1-10(2)19-15(14(16)11(3)17-19)18(13-4-5-13)8-12-6-7-20-9-12/h6-7,9-10,13H,4-5,8,16H2,1-3H3. The maximum atomic E-state index is 6.31. The molecule has 2 N–H and O–H groups in total. The number of aromatic nitrogens is 2. The van der Waals surface area contributed by atoms with Crippen LogP contribution >= 0.6 is 11.3 Å². The van der Waals surface area contributed by atoms with E-state index in [1.165, 1.54) is 18.4 Å². The molecule has 3 rings (SSSR count). The summed E-state index contributed by atoms with van der Waals surface area (Å²) in [6.07, 6.45) is 2.51. The monoisotopic (exact) mass is 290 g/mol. The van der Waals surface area contributed by atoms with Gasteiger partial charge in [-0.2, -0.15) is 16.4 Å². The summed E-state index contributed by atoms with van der Waals surface area (Å²) in [6, 6.07) is 3.13. The Morgan fingerprint density at radius 1 is 1.50 bits per heavy atom. The smallest absolute Gasteiger partial charge is 0.151 e. The highest BCUT2D eigenvalue weighted by atomic mass is 32.1. The molecule has 0 aromatic carbocycles. The van der Waals surface area contributed by atoms with Gasteiger partial charge in [0, 0.05) is 18.6 Å². The van der Waals surface area contributed by atoms with E-state index in [0.717, 1.165) is 23.7 Å². The number of thiophene rings is 1. The van der Waals surface area contributed by atoms with Crippen LogP contribution in [0.5, 0.6) is 0 Å². The first-order valence-electron chi connectivity index (χ1n) is 7.20. The van der Waals surface area contributed by atoms with Gasteiger partial charge in [0.05, 0.1) is 11.4 Å². The summed E-state index contributed by atoms with van der Waals surface area (Å²) in [5.74, 6) is 1.10. The molecule has 1 saturated carbocycles. The van der Waals surface area contributed by atoms with E-state index >= 15 is 0 Å². The van der Waals surface area contributed by atoms with Crippen molar-refractivity contribution in [3.05, 3.63) is 28.1 Å². The summed E-state index contributed by atoms with van der Waals surface area (Å²) >= 11 is 1.75. The van der Waals surface area contributed by atoms with Crippen LogP contribution in [-0.4, -0.2) is 15.8 Å². The lowest BCUT2D eigenvalue weighted by atomic mass is 10.2. The third-order valence-electron chi connectivity index (χ3n) is 3.79. The van der Waals surface area contributed by atoms with E-state index in [2.05, 4.69) is 45.4 Å². The van der Waals surface area contributed by atoms with Crippen molar-refractivity contribution in [1.29, 1.82) is 0 Å². The third-order valence-corrected chi connectivity index (χ3v) is 4.52. The van der Waals surface area contributed by atoms with Crippen LogP contribution in [0, 0.1) is 6.92 Å². The summed E-state index contributed by atoms with van der Waals surface area (Å²) in [4.78, 5) is 2.44. The van der Waals surface area contributed by atoms with Gasteiger partial charge in [0.2, 0.25) is 0 Å². The highest BCUT2D eigenvalue weighted by molar-refractivity contribution is 7.07. The number of hydrogen-bond donors (Lipinski definition) is 1. The lowest BCUT2D eigenvalue weighted by molar-refractivity contribution is 0.520. The topological polar surface area (TPSA) is 47.1 Å². The van der Waals surface area contributed by atoms with Gasteiger partial charge in [-0.05, 0) is 56.0 Å². The number of aryl methyl sites for hydroxylation is 1. The van der Waals surface area contributed by atoms with Gasteiger partial charge in [-0.1, -0.05) is 0 Å². The van der Waals surface area contributed by atoms with E-state index in [0.29, 0.717) is 12.1 Å². The molecule has 0 radical (unpaired) electrons. The van der Waals surface area contributed by atoms with Gasteiger partial charge in [0.1, 0.15) is 0 Å². The Morgan fingerprint density at radius 2 is 2.25 bits per heavy atom. The summed E-state index contributed by atoms with van der Waals surface area (Å²) in [5.41, 5.74) is 9.44. The molecular formula is C15H22N4S. The molecule has 0 aliphatic heterocycles. The maximum Gasteiger partial charge on any atom is 0.151 e. The largest absolute Gasteiger partial charge is 0.394 e. The number of rotatable bonds is 5. The zero-order valence-electron chi connectivity index (χ0n) is 12.3. The van der Waals surface area contributed by atoms with Gasteiger partial charge in [0.15, 0.2) is 5.82 Å². The molecule has 0 atom stereocenters. The molecule has 0 bridgehead atoms. The molecule has 1 fully saturated rings. The zero-order valence-corrected chi connectivity index (χ0v) is 13.2. The van der Waals surface area contributed by atoms with Crippen molar-refractivity contribution in [2.75, 3.05) is 10.6 Å². The minimum Gasteiger partial charge on any atom is -0.394 e. The van der Waals surface area contributed by atoms with E-state index in [1.807, 2.05) is 6.92 Å². The second kappa shape index (κ2) is 5.13. The first kappa shape index (κ1) is 13.5. The average molecular weight is 290 g/mol. The molecule has 1 aliphatic rings. The molecule has 0 unspecified atom stereocenters. The van der Waals surface area contributed by atoms with Gasteiger partial charge in [-0.15, -0.1) is 0 Å². The molecular weight excluding hydrogens is 268 g/mol. The zero-order chi connectivity index (χ0) is 14.3. The molecule has 2 aromatic rings. The SMILES string of the molecule is Cc1nn(C(C)C)c(N(Cc2ccsc2)C2CC2)c1N. The first-order valence-corrected chi connectivity index (χ1v) is 8.14. The lowest BCUT2D eigenvalue weighted by Gasteiger charge is -2.26. The Hall–Kier alpha value is -1.49. The highest BCUT2D eigenvalue weighted by Crippen LogP contribution is 2.38. The fraction of sp³-hybridized carbons (Fsp3) is 0.533. The normalized spacial score (nSPS) is 15.0. The molecule has 5 heteroatoms. The quantitative estimate of drug-likeness (QED) is 0.915. The van der Waals surface area contributed by atoms with E-state index < -0.39 is 0 Å². The molecule has 0 spiro atoms. The van der Waals surface area contributed by atoms with Crippen LogP contribution in [-0.2, 0) is 6.54 Å². The van der Waals surface area contributed by atoms with Crippen molar-refractivity contribution in [2.45, 2.75) is 52.2 Å². The number of hydrogen-bond acceptors (Lipinski definition) is 4. The number of nitrogens with two attached hydrogens (primary N) is 1. The molecule has 4 nitrogen and oxygen atoms in total. The number of nitrogens with zero attached hydrogens (tertiary/aromatic N) is 3. The van der Waals surface area contributed by atoms with E-state index in [9.17, 15) is 0 Å². The second-order valence-corrected chi connectivity index (χ2v) is 6.63. The van der Waals surface area contributed by atoms with Crippen LogP contribution in [0.1, 0.15) is 44.0 Å². The van der Waals surface area contributed by atoms with E-state index in [4.69, 9.17) is 5.73 Å². The first-order chi connectivity index (χ1) is 9.58. The predicted molar refractivity (Wildman–Crippen MR) is 85.3 cm³/mol. The predicted octanol–water partition coefficient (Wildman–Crippen LogP) is 3.59. The summed E-state index contributed by atoms with van der Waals surface area (Å²) in [6.45, 7) is 7.24. The average Bonchev–Trinajstić information content (AvgIpc) is 3.04. The summed E-state index contributed by atoms with van der Waals surface area (Å²) in [5, 5.41) is 8.97. The minimum absolute atomic E-state index is 0.324. The highest BCUT2D eigenvalue weighted by Gasteiger charge is 2.33. The molecule has 20 heavy (non-hydrogen) atoms. The van der Waals surface area contributed by atoms with Crippen LogP contribution < -0.4 is 10.6 Å². The molecule has 1 aliphatic carbocycles. The Bertz CT molecular complexity index is 581. The Balaban J connectivity index is 1.99. The van der Waals surface area contributed by atoms with Gasteiger partial charge < -0.3 is 10.6 Å². The van der Waals surface area contributed by atoms with Crippen molar-refractivity contribution in [3.8, 4) is 0 Å². The van der Waals surface area contributed by atoms with Crippen molar-refractivity contribution in [2.24, 2.45) is 0 Å². The number of nitrogen functional groups attached to an aromatic ring is 1. The Kier molecular flexibility index (Phi) is 3.46. The van der Waals surface area contributed by atoms with Gasteiger partial charge in [-0.3, -0.25) is 0 Å². The molecule has 0 saturated heterocycles. The minimum atomic E-state index is 0.324. The molecule has 0 amide bonds. The second-order valence-electron chi connectivity index (χ2n) is 5.85. The van der Waals surface area contributed by atoms with Gasteiger partial charge >= 0.3 is 0 Å².